The maximum absolute atomic E-state index is 12.2. The molecule has 1 amide bonds. The molecule has 0 spiro atoms. The van der Waals surface area contributed by atoms with Crippen LogP contribution in [0.2, 0.25) is 0 Å². The van der Waals surface area contributed by atoms with Gasteiger partial charge >= 0.3 is 0 Å². The van der Waals surface area contributed by atoms with Gasteiger partial charge in [0.15, 0.2) is 6.61 Å². The van der Waals surface area contributed by atoms with Gasteiger partial charge in [-0.2, -0.15) is 0 Å². The summed E-state index contributed by atoms with van der Waals surface area (Å²) >= 11 is 0. The monoisotopic (exact) mass is 326 g/mol. The highest BCUT2D eigenvalue weighted by Crippen LogP contribution is 2.19. The Morgan fingerprint density at radius 1 is 1.25 bits per heavy atom. The number of nitrogens with zero attached hydrogens (tertiary/aromatic N) is 1. The van der Waals surface area contributed by atoms with Crippen LogP contribution in [-0.4, -0.2) is 36.8 Å². The number of aromatic nitrogens is 1. The number of aryl methyl sites for hydroxylation is 1. The number of carbonyl (C=O) groups is 1. The van der Waals surface area contributed by atoms with E-state index in [9.17, 15) is 4.79 Å². The number of carbonyl (C=O) groups excluding carboxylic acids is 1. The van der Waals surface area contributed by atoms with E-state index in [0.717, 1.165) is 17.7 Å². The topological polar surface area (TPSA) is 60.5 Å². The molecule has 24 heavy (non-hydrogen) atoms. The molecule has 1 aromatic heterocycles. The number of nitrogens with one attached hydrogen (secondary N) is 1. The summed E-state index contributed by atoms with van der Waals surface area (Å²) in [6, 6.07) is 11.7. The first-order valence-electron chi connectivity index (χ1n) is 8.17. The molecule has 1 saturated heterocycles. The van der Waals surface area contributed by atoms with Crippen LogP contribution < -0.4 is 10.1 Å². The summed E-state index contributed by atoms with van der Waals surface area (Å²) < 4.78 is 11.2. The SMILES string of the molecule is Cc1ccccc1OCC(=O)N[C@@H]1COC[C@H]1Cc1ccncc1. The van der Waals surface area contributed by atoms with E-state index in [1.807, 2.05) is 43.3 Å². The van der Waals surface area contributed by atoms with Crippen molar-refractivity contribution >= 4 is 5.91 Å². The van der Waals surface area contributed by atoms with Gasteiger partial charge in [0, 0.05) is 18.3 Å². The number of benzene rings is 1. The van der Waals surface area contributed by atoms with Crippen LogP contribution >= 0.6 is 0 Å². The molecule has 0 bridgehead atoms. The van der Waals surface area contributed by atoms with Gasteiger partial charge in [0.2, 0.25) is 0 Å². The molecule has 1 aliphatic rings. The van der Waals surface area contributed by atoms with Crippen molar-refractivity contribution in [3.05, 3.63) is 59.9 Å². The predicted octanol–water partition coefficient (Wildman–Crippen LogP) is 2.14. The second kappa shape index (κ2) is 7.93. The van der Waals surface area contributed by atoms with E-state index in [1.165, 1.54) is 5.56 Å². The van der Waals surface area contributed by atoms with Crippen LogP contribution in [0.1, 0.15) is 11.1 Å². The van der Waals surface area contributed by atoms with Gasteiger partial charge < -0.3 is 14.8 Å². The Kier molecular flexibility index (Phi) is 5.43. The van der Waals surface area contributed by atoms with E-state index in [0.29, 0.717) is 13.2 Å². The van der Waals surface area contributed by atoms with Gasteiger partial charge in [-0.3, -0.25) is 9.78 Å². The zero-order chi connectivity index (χ0) is 16.8. The molecule has 5 nitrogen and oxygen atoms in total. The van der Waals surface area contributed by atoms with Crippen molar-refractivity contribution in [2.24, 2.45) is 5.92 Å². The standard InChI is InChI=1S/C19H22N2O3/c1-14-4-2-3-5-18(14)24-13-19(22)21-17-12-23-11-16(17)10-15-6-8-20-9-7-15/h2-9,16-17H,10-13H2,1H3,(H,21,22)/t16-,17-/m1/s1. The first kappa shape index (κ1) is 16.5. The lowest BCUT2D eigenvalue weighted by molar-refractivity contribution is -0.124. The van der Waals surface area contributed by atoms with E-state index >= 15 is 0 Å². The summed E-state index contributed by atoms with van der Waals surface area (Å²) in [5.41, 5.74) is 2.22. The molecule has 1 fully saturated rings. The highest BCUT2D eigenvalue weighted by Gasteiger charge is 2.29. The van der Waals surface area contributed by atoms with Gasteiger partial charge in [-0.25, -0.2) is 0 Å². The van der Waals surface area contributed by atoms with Crippen molar-refractivity contribution in [2.45, 2.75) is 19.4 Å². The maximum Gasteiger partial charge on any atom is 0.258 e. The summed E-state index contributed by atoms with van der Waals surface area (Å²) in [6.45, 7) is 3.18. The molecule has 0 radical (unpaired) electrons. The Hall–Kier alpha value is -2.40. The number of hydrogen-bond acceptors (Lipinski definition) is 4. The number of ether oxygens (including phenoxy) is 2. The molecule has 5 heteroatoms. The van der Waals surface area contributed by atoms with E-state index in [2.05, 4.69) is 10.3 Å². The molecule has 1 aromatic carbocycles. The largest absolute Gasteiger partial charge is 0.484 e. The molecular weight excluding hydrogens is 304 g/mol. The Balaban J connectivity index is 1.51. The number of amides is 1. The van der Waals surface area contributed by atoms with Crippen molar-refractivity contribution in [3.63, 3.8) is 0 Å². The molecule has 1 aliphatic heterocycles. The summed E-state index contributed by atoms with van der Waals surface area (Å²) in [6.07, 6.45) is 4.44. The first-order valence-corrected chi connectivity index (χ1v) is 8.17. The van der Waals surface area contributed by atoms with Gasteiger partial charge in [0.1, 0.15) is 5.75 Å². The highest BCUT2D eigenvalue weighted by atomic mass is 16.5. The third-order valence-electron chi connectivity index (χ3n) is 4.24. The van der Waals surface area contributed by atoms with E-state index < -0.39 is 0 Å². The molecular formula is C19H22N2O3. The van der Waals surface area contributed by atoms with E-state index in [1.54, 1.807) is 12.4 Å². The average Bonchev–Trinajstić information content (AvgIpc) is 3.02. The number of para-hydroxylation sites is 1. The Morgan fingerprint density at radius 2 is 2.04 bits per heavy atom. The Bertz CT molecular complexity index is 675. The lowest BCUT2D eigenvalue weighted by atomic mass is 9.95. The third kappa shape index (κ3) is 4.32. The number of rotatable bonds is 6. The highest BCUT2D eigenvalue weighted by molar-refractivity contribution is 5.78. The molecule has 1 N–H and O–H groups in total. The molecule has 2 aromatic rings. The van der Waals surface area contributed by atoms with Crippen LogP contribution in [-0.2, 0) is 16.0 Å². The fourth-order valence-corrected chi connectivity index (χ4v) is 2.89. The minimum absolute atomic E-state index is 0.0172. The van der Waals surface area contributed by atoms with Crippen molar-refractivity contribution in [1.82, 2.24) is 10.3 Å². The van der Waals surface area contributed by atoms with Crippen LogP contribution in [0.3, 0.4) is 0 Å². The van der Waals surface area contributed by atoms with Crippen molar-refractivity contribution < 1.29 is 14.3 Å². The van der Waals surface area contributed by atoms with Gasteiger partial charge in [0.05, 0.1) is 19.3 Å². The molecule has 0 saturated carbocycles. The van der Waals surface area contributed by atoms with Crippen molar-refractivity contribution in [2.75, 3.05) is 19.8 Å². The smallest absolute Gasteiger partial charge is 0.258 e. The second-order valence-electron chi connectivity index (χ2n) is 6.09. The second-order valence-corrected chi connectivity index (χ2v) is 6.09. The fraction of sp³-hybridized carbons (Fsp3) is 0.368. The summed E-state index contributed by atoms with van der Waals surface area (Å²) in [7, 11) is 0. The maximum atomic E-state index is 12.2. The lowest BCUT2D eigenvalue weighted by Gasteiger charge is -2.19. The normalized spacial score (nSPS) is 19.9. The van der Waals surface area contributed by atoms with E-state index in [-0.39, 0.29) is 24.5 Å². The molecule has 0 unspecified atom stereocenters. The van der Waals surface area contributed by atoms with Crippen LogP contribution in [0.25, 0.3) is 0 Å². The average molecular weight is 326 g/mol. The van der Waals surface area contributed by atoms with Crippen LogP contribution in [0.5, 0.6) is 5.75 Å². The molecule has 0 aliphatic carbocycles. The summed E-state index contributed by atoms with van der Waals surface area (Å²) in [5.74, 6) is 0.895. The quantitative estimate of drug-likeness (QED) is 0.883. The van der Waals surface area contributed by atoms with Gasteiger partial charge in [-0.15, -0.1) is 0 Å². The zero-order valence-corrected chi connectivity index (χ0v) is 13.8. The van der Waals surface area contributed by atoms with Crippen LogP contribution in [0.4, 0.5) is 0 Å². The summed E-state index contributed by atoms with van der Waals surface area (Å²) in [4.78, 5) is 16.2. The minimum Gasteiger partial charge on any atom is -0.484 e. The van der Waals surface area contributed by atoms with Crippen LogP contribution in [0, 0.1) is 12.8 Å². The molecule has 3 rings (SSSR count). The first-order chi connectivity index (χ1) is 11.7. The van der Waals surface area contributed by atoms with Gasteiger partial charge in [0.25, 0.3) is 5.91 Å². The fourth-order valence-electron chi connectivity index (χ4n) is 2.89. The molecule has 2 heterocycles. The van der Waals surface area contributed by atoms with Gasteiger partial charge in [-0.1, -0.05) is 18.2 Å². The molecule has 2 atom stereocenters. The van der Waals surface area contributed by atoms with Gasteiger partial charge in [-0.05, 0) is 42.7 Å². The summed E-state index contributed by atoms with van der Waals surface area (Å²) in [5, 5.41) is 3.03. The number of pyridine rings is 1. The predicted molar refractivity (Wildman–Crippen MR) is 90.9 cm³/mol. The minimum atomic E-state index is -0.117. The third-order valence-corrected chi connectivity index (χ3v) is 4.24. The van der Waals surface area contributed by atoms with Crippen molar-refractivity contribution in [1.29, 1.82) is 0 Å². The zero-order valence-electron chi connectivity index (χ0n) is 13.8. The number of hydrogen-bond donors (Lipinski definition) is 1. The lowest BCUT2D eigenvalue weighted by Crippen LogP contribution is -2.42. The Labute approximate surface area is 142 Å². The van der Waals surface area contributed by atoms with Crippen molar-refractivity contribution in [3.8, 4) is 5.75 Å². The van der Waals surface area contributed by atoms with Crippen LogP contribution in [0.15, 0.2) is 48.8 Å². The Morgan fingerprint density at radius 3 is 2.83 bits per heavy atom. The molecule has 126 valence electrons. The van der Waals surface area contributed by atoms with E-state index in [4.69, 9.17) is 9.47 Å².